The number of carbonyl (C=O) groups excluding carboxylic acids is 1. The first kappa shape index (κ1) is 14.3. The van der Waals surface area contributed by atoms with Crippen molar-refractivity contribution >= 4 is 23.3 Å². The third-order valence-electron chi connectivity index (χ3n) is 2.44. The quantitative estimate of drug-likeness (QED) is 0.912. The molecule has 0 aliphatic rings. The number of carbonyl (C=O) groups is 1. The first-order valence-electron chi connectivity index (χ1n) is 5.78. The van der Waals surface area contributed by atoms with Crippen molar-refractivity contribution in [1.82, 2.24) is 15.5 Å². The van der Waals surface area contributed by atoms with E-state index < -0.39 is 17.9 Å². The molecule has 20 heavy (non-hydrogen) atoms. The molecule has 2 amide bonds. The molecule has 8 heteroatoms. The van der Waals surface area contributed by atoms with Crippen molar-refractivity contribution in [3.05, 3.63) is 40.8 Å². The number of amides is 2. The van der Waals surface area contributed by atoms with Gasteiger partial charge in [0.15, 0.2) is 5.82 Å². The molecule has 2 aromatic rings. The van der Waals surface area contributed by atoms with Crippen molar-refractivity contribution in [3.63, 3.8) is 0 Å². The Morgan fingerprint density at radius 2 is 2.25 bits per heavy atom. The van der Waals surface area contributed by atoms with Crippen molar-refractivity contribution in [2.45, 2.75) is 19.9 Å². The Morgan fingerprint density at radius 3 is 2.90 bits per heavy atom. The lowest BCUT2D eigenvalue weighted by atomic mass is 10.3. The third-order valence-corrected chi connectivity index (χ3v) is 2.67. The van der Waals surface area contributed by atoms with Gasteiger partial charge in [-0.05, 0) is 32.0 Å². The number of rotatable bonds is 3. The van der Waals surface area contributed by atoms with Gasteiger partial charge in [0.2, 0.25) is 5.89 Å². The SMILES string of the molecule is Cc1noc([C@H](C)NC(=O)Nc2cc(Cl)ccc2F)n1. The van der Waals surface area contributed by atoms with E-state index in [9.17, 15) is 9.18 Å². The zero-order valence-electron chi connectivity index (χ0n) is 10.8. The number of aryl methyl sites for hydroxylation is 1. The number of aromatic nitrogens is 2. The number of anilines is 1. The van der Waals surface area contributed by atoms with Crippen molar-refractivity contribution < 1.29 is 13.7 Å². The second-order valence-corrected chi connectivity index (χ2v) is 4.56. The van der Waals surface area contributed by atoms with Gasteiger partial charge in [0, 0.05) is 5.02 Å². The highest BCUT2D eigenvalue weighted by atomic mass is 35.5. The monoisotopic (exact) mass is 298 g/mol. The Balaban J connectivity index is 2.00. The van der Waals surface area contributed by atoms with Gasteiger partial charge in [-0.15, -0.1) is 0 Å². The molecule has 0 saturated carbocycles. The van der Waals surface area contributed by atoms with E-state index >= 15 is 0 Å². The van der Waals surface area contributed by atoms with Gasteiger partial charge in [0.25, 0.3) is 0 Å². The number of benzene rings is 1. The van der Waals surface area contributed by atoms with Gasteiger partial charge >= 0.3 is 6.03 Å². The molecule has 106 valence electrons. The lowest BCUT2D eigenvalue weighted by molar-refractivity contribution is 0.245. The summed E-state index contributed by atoms with van der Waals surface area (Å²) in [6.45, 7) is 3.34. The van der Waals surface area contributed by atoms with Crippen molar-refractivity contribution in [3.8, 4) is 0 Å². The largest absolute Gasteiger partial charge is 0.337 e. The number of urea groups is 1. The molecular weight excluding hydrogens is 287 g/mol. The lowest BCUT2D eigenvalue weighted by Gasteiger charge is -2.11. The van der Waals surface area contributed by atoms with Crippen molar-refractivity contribution in [1.29, 1.82) is 0 Å². The van der Waals surface area contributed by atoms with Crippen LogP contribution in [0.2, 0.25) is 5.02 Å². The number of nitrogens with one attached hydrogen (secondary N) is 2. The van der Waals surface area contributed by atoms with Crippen LogP contribution >= 0.6 is 11.6 Å². The molecule has 0 aliphatic heterocycles. The zero-order chi connectivity index (χ0) is 14.7. The van der Waals surface area contributed by atoms with E-state index in [-0.39, 0.29) is 11.6 Å². The molecule has 6 nitrogen and oxygen atoms in total. The second-order valence-electron chi connectivity index (χ2n) is 4.12. The van der Waals surface area contributed by atoms with E-state index in [1.165, 1.54) is 18.2 Å². The number of hydrogen-bond donors (Lipinski definition) is 2. The van der Waals surface area contributed by atoms with E-state index in [1.54, 1.807) is 13.8 Å². The summed E-state index contributed by atoms with van der Waals surface area (Å²) < 4.78 is 18.4. The molecule has 1 aromatic heterocycles. The first-order chi connectivity index (χ1) is 9.45. The fraction of sp³-hybridized carbons (Fsp3) is 0.250. The molecule has 2 rings (SSSR count). The van der Waals surface area contributed by atoms with Crippen LogP contribution in [0.5, 0.6) is 0 Å². The van der Waals surface area contributed by atoms with Crippen LogP contribution in [0.25, 0.3) is 0 Å². The topological polar surface area (TPSA) is 80.0 Å². The Morgan fingerprint density at radius 1 is 1.50 bits per heavy atom. The van der Waals surface area contributed by atoms with Gasteiger partial charge < -0.3 is 15.2 Å². The normalized spacial score (nSPS) is 12.0. The van der Waals surface area contributed by atoms with Gasteiger partial charge in [-0.25, -0.2) is 9.18 Å². The fourth-order valence-electron chi connectivity index (χ4n) is 1.50. The summed E-state index contributed by atoms with van der Waals surface area (Å²) in [7, 11) is 0. The molecule has 1 atom stereocenters. The summed E-state index contributed by atoms with van der Waals surface area (Å²) >= 11 is 5.73. The van der Waals surface area contributed by atoms with Crippen LogP contribution in [0.1, 0.15) is 24.7 Å². The number of hydrogen-bond acceptors (Lipinski definition) is 4. The van der Waals surface area contributed by atoms with E-state index in [1.807, 2.05) is 0 Å². The molecule has 2 N–H and O–H groups in total. The molecule has 1 aromatic carbocycles. The van der Waals surface area contributed by atoms with Crippen molar-refractivity contribution in [2.24, 2.45) is 0 Å². The smallest absolute Gasteiger partial charge is 0.319 e. The van der Waals surface area contributed by atoms with Gasteiger partial charge in [-0.3, -0.25) is 0 Å². The van der Waals surface area contributed by atoms with E-state index in [0.717, 1.165) is 0 Å². The molecular formula is C12H12ClFN4O2. The van der Waals surface area contributed by atoms with Gasteiger partial charge in [0.05, 0.1) is 5.69 Å². The first-order valence-corrected chi connectivity index (χ1v) is 6.16. The fourth-order valence-corrected chi connectivity index (χ4v) is 1.67. The van der Waals surface area contributed by atoms with E-state index in [0.29, 0.717) is 10.8 Å². The van der Waals surface area contributed by atoms with Crippen LogP contribution in [0, 0.1) is 12.7 Å². The predicted octanol–water partition coefficient (Wildman–Crippen LogP) is 3.05. The number of halogens is 2. The summed E-state index contributed by atoms with van der Waals surface area (Å²) in [5, 5.41) is 8.85. The lowest BCUT2D eigenvalue weighted by Crippen LogP contribution is -2.31. The molecule has 1 heterocycles. The van der Waals surface area contributed by atoms with E-state index in [4.69, 9.17) is 16.1 Å². The van der Waals surface area contributed by atoms with Crippen molar-refractivity contribution in [2.75, 3.05) is 5.32 Å². The maximum atomic E-state index is 13.5. The second kappa shape index (κ2) is 5.87. The summed E-state index contributed by atoms with van der Waals surface area (Å²) in [5.41, 5.74) is -0.0103. The standard InChI is InChI=1S/C12H12ClFN4O2/c1-6(11-16-7(2)18-20-11)15-12(19)17-10-5-8(13)3-4-9(10)14/h3-6H,1-2H3,(H2,15,17,19)/t6-/m0/s1. The summed E-state index contributed by atoms with van der Waals surface area (Å²) in [4.78, 5) is 15.7. The summed E-state index contributed by atoms with van der Waals surface area (Å²) in [6.07, 6.45) is 0. The van der Waals surface area contributed by atoms with Crippen LogP contribution in [-0.2, 0) is 0 Å². The molecule has 0 saturated heterocycles. The van der Waals surface area contributed by atoms with E-state index in [2.05, 4.69) is 20.8 Å². The molecule has 0 radical (unpaired) electrons. The minimum Gasteiger partial charge on any atom is -0.337 e. The number of nitrogens with zero attached hydrogens (tertiary/aromatic N) is 2. The van der Waals surface area contributed by atoms with Gasteiger partial charge in [-0.2, -0.15) is 4.98 Å². The average molecular weight is 299 g/mol. The summed E-state index contributed by atoms with van der Waals surface area (Å²) in [5.74, 6) is 0.157. The Labute approximate surface area is 119 Å². The van der Waals surface area contributed by atoms with Gasteiger partial charge in [-0.1, -0.05) is 16.8 Å². The average Bonchev–Trinajstić information content (AvgIpc) is 2.80. The van der Waals surface area contributed by atoms with Crippen LogP contribution in [0.3, 0.4) is 0 Å². The predicted molar refractivity (Wildman–Crippen MR) is 71.0 cm³/mol. The maximum absolute atomic E-state index is 13.5. The van der Waals surface area contributed by atoms with Gasteiger partial charge in [0.1, 0.15) is 11.9 Å². The molecule has 0 unspecified atom stereocenters. The molecule has 0 fully saturated rings. The summed E-state index contributed by atoms with van der Waals surface area (Å²) in [6, 6.07) is 2.78. The Kier molecular flexibility index (Phi) is 4.19. The minimum absolute atomic E-state index is 0.0103. The molecule has 0 bridgehead atoms. The van der Waals surface area contributed by atoms with Crippen LogP contribution in [-0.4, -0.2) is 16.2 Å². The zero-order valence-corrected chi connectivity index (χ0v) is 11.5. The molecule has 0 spiro atoms. The minimum atomic E-state index is -0.602. The highest BCUT2D eigenvalue weighted by Gasteiger charge is 2.16. The maximum Gasteiger partial charge on any atom is 0.319 e. The van der Waals surface area contributed by atoms with Crippen LogP contribution in [0.15, 0.2) is 22.7 Å². The Hall–Kier alpha value is -2.15. The Bertz CT molecular complexity index is 632. The molecule has 0 aliphatic carbocycles. The van der Waals surface area contributed by atoms with Crippen LogP contribution < -0.4 is 10.6 Å². The highest BCUT2D eigenvalue weighted by molar-refractivity contribution is 6.30. The highest BCUT2D eigenvalue weighted by Crippen LogP contribution is 2.19. The third kappa shape index (κ3) is 3.45. The van der Waals surface area contributed by atoms with Crippen LogP contribution in [0.4, 0.5) is 14.9 Å².